The number of amides is 1. The van der Waals surface area contributed by atoms with E-state index in [9.17, 15) is 9.59 Å². The van der Waals surface area contributed by atoms with E-state index >= 15 is 0 Å². The van der Waals surface area contributed by atoms with Crippen LogP contribution in [0.4, 0.5) is 0 Å². The van der Waals surface area contributed by atoms with E-state index in [2.05, 4.69) is 5.32 Å². The standard InChI is InChI=1S/C11H22N2O2/c1-5-6-12-11(15)8-13(4)9(2)7-10(3)14/h9H,5-8H2,1-4H3,(H,12,15). The zero-order valence-corrected chi connectivity index (χ0v) is 10.2. The first kappa shape index (κ1) is 14.1. The Labute approximate surface area is 92.0 Å². The molecule has 88 valence electrons. The molecule has 0 aliphatic heterocycles. The van der Waals surface area contributed by atoms with Gasteiger partial charge in [-0.25, -0.2) is 0 Å². The number of nitrogens with zero attached hydrogens (tertiary/aromatic N) is 1. The van der Waals surface area contributed by atoms with Gasteiger partial charge in [0.2, 0.25) is 5.91 Å². The van der Waals surface area contributed by atoms with Crippen molar-refractivity contribution in [3.8, 4) is 0 Å². The third kappa shape index (κ3) is 7.08. The highest BCUT2D eigenvalue weighted by Crippen LogP contribution is 2.00. The summed E-state index contributed by atoms with van der Waals surface area (Å²) in [4.78, 5) is 24.1. The molecule has 15 heavy (non-hydrogen) atoms. The molecule has 0 aromatic heterocycles. The summed E-state index contributed by atoms with van der Waals surface area (Å²) in [6.07, 6.45) is 1.44. The molecule has 4 nitrogen and oxygen atoms in total. The van der Waals surface area contributed by atoms with Crippen LogP contribution in [0.15, 0.2) is 0 Å². The van der Waals surface area contributed by atoms with Gasteiger partial charge in [0.15, 0.2) is 0 Å². The molecule has 0 heterocycles. The highest BCUT2D eigenvalue weighted by molar-refractivity contribution is 5.78. The average Bonchev–Trinajstić information content (AvgIpc) is 2.13. The lowest BCUT2D eigenvalue weighted by molar-refractivity contribution is -0.123. The molecule has 0 saturated heterocycles. The number of ketones is 1. The number of carbonyl (C=O) groups is 2. The quantitative estimate of drug-likeness (QED) is 0.682. The number of likely N-dealkylation sites (N-methyl/N-ethyl adjacent to an activating group) is 1. The summed E-state index contributed by atoms with van der Waals surface area (Å²) < 4.78 is 0. The van der Waals surface area contributed by atoms with Crippen molar-refractivity contribution >= 4 is 11.7 Å². The fourth-order valence-electron chi connectivity index (χ4n) is 1.27. The molecular weight excluding hydrogens is 192 g/mol. The fraction of sp³-hybridized carbons (Fsp3) is 0.818. The Morgan fingerprint density at radius 1 is 1.40 bits per heavy atom. The molecular formula is C11H22N2O2. The second-order valence-corrected chi connectivity index (χ2v) is 4.02. The number of hydrogen-bond acceptors (Lipinski definition) is 3. The molecule has 1 atom stereocenters. The molecule has 4 heteroatoms. The van der Waals surface area contributed by atoms with Crippen LogP contribution < -0.4 is 5.32 Å². The molecule has 0 rings (SSSR count). The van der Waals surface area contributed by atoms with Crippen LogP contribution in [0, 0.1) is 0 Å². The van der Waals surface area contributed by atoms with E-state index in [0.717, 1.165) is 6.42 Å². The van der Waals surface area contributed by atoms with Gasteiger partial charge in [-0.05, 0) is 27.3 Å². The first-order valence-electron chi connectivity index (χ1n) is 5.43. The lowest BCUT2D eigenvalue weighted by Crippen LogP contribution is -2.40. The number of rotatable bonds is 7. The lowest BCUT2D eigenvalue weighted by atomic mass is 10.1. The van der Waals surface area contributed by atoms with Crippen molar-refractivity contribution in [2.45, 2.75) is 39.7 Å². The first-order valence-corrected chi connectivity index (χ1v) is 5.43. The summed E-state index contributed by atoms with van der Waals surface area (Å²) in [6, 6.07) is 0.120. The molecule has 0 radical (unpaired) electrons. The molecule has 0 spiro atoms. The van der Waals surface area contributed by atoms with Crippen molar-refractivity contribution < 1.29 is 9.59 Å². The smallest absolute Gasteiger partial charge is 0.234 e. The summed E-state index contributed by atoms with van der Waals surface area (Å²) in [5.41, 5.74) is 0. The molecule has 0 aliphatic rings. The second-order valence-electron chi connectivity index (χ2n) is 4.02. The van der Waals surface area contributed by atoms with Gasteiger partial charge in [-0.3, -0.25) is 14.5 Å². The van der Waals surface area contributed by atoms with Gasteiger partial charge in [-0.1, -0.05) is 6.92 Å². The Morgan fingerprint density at radius 2 is 2.00 bits per heavy atom. The molecule has 1 unspecified atom stereocenters. The molecule has 0 saturated carbocycles. The van der Waals surface area contributed by atoms with Crippen LogP contribution in [0.3, 0.4) is 0 Å². The van der Waals surface area contributed by atoms with E-state index in [4.69, 9.17) is 0 Å². The zero-order valence-electron chi connectivity index (χ0n) is 10.2. The van der Waals surface area contributed by atoms with E-state index in [0.29, 0.717) is 19.5 Å². The normalized spacial score (nSPS) is 12.6. The summed E-state index contributed by atoms with van der Waals surface area (Å²) in [5.74, 6) is 0.179. The number of Topliss-reactive ketones (excluding diaryl/α,β-unsaturated/α-hetero) is 1. The van der Waals surface area contributed by atoms with Crippen molar-refractivity contribution in [2.24, 2.45) is 0 Å². The van der Waals surface area contributed by atoms with Gasteiger partial charge in [0.25, 0.3) is 0 Å². The van der Waals surface area contributed by atoms with Crippen molar-refractivity contribution in [3.05, 3.63) is 0 Å². The third-order valence-electron chi connectivity index (χ3n) is 2.30. The van der Waals surface area contributed by atoms with Gasteiger partial charge in [0, 0.05) is 19.0 Å². The van der Waals surface area contributed by atoms with Crippen LogP contribution in [-0.4, -0.2) is 42.8 Å². The van der Waals surface area contributed by atoms with E-state index in [1.807, 2.05) is 25.8 Å². The van der Waals surface area contributed by atoms with Crippen LogP contribution >= 0.6 is 0 Å². The van der Waals surface area contributed by atoms with E-state index in [1.165, 1.54) is 0 Å². The summed E-state index contributed by atoms with van der Waals surface area (Å²) in [7, 11) is 1.86. The van der Waals surface area contributed by atoms with Gasteiger partial charge in [-0.15, -0.1) is 0 Å². The summed E-state index contributed by atoms with van der Waals surface area (Å²) >= 11 is 0. The Hall–Kier alpha value is -0.900. The fourth-order valence-corrected chi connectivity index (χ4v) is 1.27. The summed E-state index contributed by atoms with van der Waals surface area (Å²) in [5, 5.41) is 2.81. The van der Waals surface area contributed by atoms with E-state index in [1.54, 1.807) is 6.92 Å². The highest BCUT2D eigenvalue weighted by Gasteiger charge is 2.13. The third-order valence-corrected chi connectivity index (χ3v) is 2.30. The molecule has 0 aromatic rings. The van der Waals surface area contributed by atoms with E-state index in [-0.39, 0.29) is 17.7 Å². The van der Waals surface area contributed by atoms with E-state index < -0.39 is 0 Å². The van der Waals surface area contributed by atoms with Crippen molar-refractivity contribution in [1.82, 2.24) is 10.2 Å². The van der Waals surface area contributed by atoms with Gasteiger partial charge >= 0.3 is 0 Å². The Bertz CT molecular complexity index is 217. The minimum atomic E-state index is 0.0229. The zero-order chi connectivity index (χ0) is 11.8. The van der Waals surface area contributed by atoms with Gasteiger partial charge in [-0.2, -0.15) is 0 Å². The second kappa shape index (κ2) is 7.40. The number of nitrogens with one attached hydrogen (secondary N) is 1. The van der Waals surface area contributed by atoms with Crippen LogP contribution in [0.2, 0.25) is 0 Å². The minimum Gasteiger partial charge on any atom is -0.355 e. The average molecular weight is 214 g/mol. The van der Waals surface area contributed by atoms with Gasteiger partial charge < -0.3 is 5.32 Å². The molecule has 0 aromatic carbocycles. The maximum Gasteiger partial charge on any atom is 0.234 e. The molecule has 0 fully saturated rings. The molecule has 1 amide bonds. The lowest BCUT2D eigenvalue weighted by Gasteiger charge is -2.22. The van der Waals surface area contributed by atoms with Crippen molar-refractivity contribution in [3.63, 3.8) is 0 Å². The molecule has 1 N–H and O–H groups in total. The van der Waals surface area contributed by atoms with Crippen LogP contribution in [-0.2, 0) is 9.59 Å². The Balaban J connectivity index is 3.84. The topological polar surface area (TPSA) is 49.4 Å². The molecule has 0 aliphatic carbocycles. The minimum absolute atomic E-state index is 0.0229. The highest BCUT2D eigenvalue weighted by atomic mass is 16.2. The predicted octanol–water partition coefficient (Wildman–Crippen LogP) is 0.812. The first-order chi connectivity index (χ1) is 6.97. The Kier molecular flexibility index (Phi) is 6.96. The maximum absolute atomic E-state index is 11.4. The maximum atomic E-state index is 11.4. The van der Waals surface area contributed by atoms with Gasteiger partial charge in [0.05, 0.1) is 6.54 Å². The Morgan fingerprint density at radius 3 is 2.47 bits per heavy atom. The van der Waals surface area contributed by atoms with Crippen LogP contribution in [0.25, 0.3) is 0 Å². The summed E-state index contributed by atoms with van der Waals surface area (Å²) in [6.45, 7) is 6.61. The van der Waals surface area contributed by atoms with Gasteiger partial charge in [0.1, 0.15) is 5.78 Å². The van der Waals surface area contributed by atoms with Crippen molar-refractivity contribution in [2.75, 3.05) is 20.1 Å². The van der Waals surface area contributed by atoms with Crippen LogP contribution in [0.5, 0.6) is 0 Å². The van der Waals surface area contributed by atoms with Crippen molar-refractivity contribution in [1.29, 1.82) is 0 Å². The number of hydrogen-bond donors (Lipinski definition) is 1. The predicted molar refractivity (Wildman–Crippen MR) is 60.7 cm³/mol. The molecule has 0 bridgehead atoms. The SMILES string of the molecule is CCCNC(=O)CN(C)C(C)CC(C)=O. The monoisotopic (exact) mass is 214 g/mol. The van der Waals surface area contributed by atoms with Crippen LogP contribution in [0.1, 0.15) is 33.6 Å². The number of carbonyl (C=O) groups excluding carboxylic acids is 2. The largest absolute Gasteiger partial charge is 0.355 e.